The number of carbonyl (C=O) groups excluding carboxylic acids is 1. The molecule has 160 valence electrons. The number of rotatable bonds is 6. The van der Waals surface area contributed by atoms with Gasteiger partial charge in [0.05, 0.1) is 5.56 Å². The third-order valence-corrected chi connectivity index (χ3v) is 5.66. The molecule has 1 amide bonds. The SMILES string of the molecule is Cc1[nH]c2ccccc2c1CNCC1CCN(c2ncc(C(=O)NO)cn2)CC1.Cl. The maximum absolute atomic E-state index is 11.4. The molecule has 1 aromatic carbocycles. The van der Waals surface area contributed by atoms with E-state index in [4.69, 9.17) is 5.21 Å². The molecule has 0 unspecified atom stereocenters. The Bertz CT molecular complexity index is 983. The first kappa shape index (κ1) is 22.0. The molecule has 0 spiro atoms. The normalized spacial score (nSPS) is 14.5. The summed E-state index contributed by atoms with van der Waals surface area (Å²) in [5, 5.41) is 13.6. The zero-order valence-electron chi connectivity index (χ0n) is 16.9. The molecule has 30 heavy (non-hydrogen) atoms. The zero-order valence-corrected chi connectivity index (χ0v) is 17.7. The average molecular weight is 431 g/mol. The number of piperidine rings is 1. The fourth-order valence-electron chi connectivity index (χ4n) is 3.97. The number of fused-ring (bicyclic) bond motifs is 1. The summed E-state index contributed by atoms with van der Waals surface area (Å²) < 4.78 is 0. The second kappa shape index (κ2) is 9.88. The van der Waals surface area contributed by atoms with E-state index >= 15 is 0 Å². The molecule has 1 fully saturated rings. The number of aromatic nitrogens is 3. The second-order valence-electron chi connectivity index (χ2n) is 7.55. The van der Waals surface area contributed by atoms with Crippen molar-refractivity contribution in [1.82, 2.24) is 25.7 Å². The standard InChI is InChI=1S/C21H26N6O2.ClH/c1-14-18(17-4-2-3-5-19(17)25-14)13-22-10-15-6-8-27(9-7-15)21-23-11-16(12-24-21)20(28)26-29;/h2-5,11-12,15,22,25,29H,6-10,13H2,1H3,(H,26,28);1H. The smallest absolute Gasteiger partial charge is 0.277 e. The first-order valence-electron chi connectivity index (χ1n) is 9.94. The molecule has 3 heterocycles. The van der Waals surface area contributed by atoms with Gasteiger partial charge >= 0.3 is 0 Å². The summed E-state index contributed by atoms with van der Waals surface area (Å²) >= 11 is 0. The van der Waals surface area contributed by atoms with Gasteiger partial charge in [-0.3, -0.25) is 10.0 Å². The third kappa shape index (κ3) is 4.72. The Morgan fingerprint density at radius 1 is 1.23 bits per heavy atom. The molecule has 1 saturated heterocycles. The number of aromatic amines is 1. The number of nitrogens with zero attached hydrogens (tertiary/aromatic N) is 3. The van der Waals surface area contributed by atoms with Crippen LogP contribution in [-0.4, -0.2) is 45.7 Å². The van der Waals surface area contributed by atoms with Crippen molar-refractivity contribution in [2.24, 2.45) is 5.92 Å². The van der Waals surface area contributed by atoms with Gasteiger partial charge in [-0.2, -0.15) is 0 Å². The second-order valence-corrected chi connectivity index (χ2v) is 7.55. The lowest BCUT2D eigenvalue weighted by Crippen LogP contribution is -2.38. The average Bonchev–Trinajstić information content (AvgIpc) is 3.09. The Labute approximate surface area is 181 Å². The van der Waals surface area contributed by atoms with Crippen molar-refractivity contribution < 1.29 is 10.0 Å². The molecule has 1 aliphatic rings. The van der Waals surface area contributed by atoms with E-state index in [1.54, 1.807) is 5.48 Å². The number of H-pyrrole nitrogens is 1. The largest absolute Gasteiger partial charge is 0.358 e. The number of hydrogen-bond acceptors (Lipinski definition) is 6. The van der Waals surface area contributed by atoms with Gasteiger partial charge in [-0.15, -0.1) is 12.4 Å². The van der Waals surface area contributed by atoms with Crippen molar-refractivity contribution in [1.29, 1.82) is 0 Å². The Kier molecular flexibility index (Phi) is 7.25. The van der Waals surface area contributed by atoms with Gasteiger partial charge in [-0.25, -0.2) is 15.4 Å². The maximum atomic E-state index is 11.4. The highest BCUT2D eigenvalue weighted by Crippen LogP contribution is 2.23. The van der Waals surface area contributed by atoms with Gasteiger partial charge < -0.3 is 15.2 Å². The van der Waals surface area contributed by atoms with Crippen LogP contribution in [0.2, 0.25) is 0 Å². The molecule has 0 radical (unpaired) electrons. The monoisotopic (exact) mass is 430 g/mol. The van der Waals surface area contributed by atoms with Crippen LogP contribution in [0.25, 0.3) is 10.9 Å². The van der Waals surface area contributed by atoms with Crippen LogP contribution in [0.15, 0.2) is 36.7 Å². The van der Waals surface area contributed by atoms with Gasteiger partial charge in [-0.05, 0) is 43.9 Å². The number of hydrogen-bond donors (Lipinski definition) is 4. The van der Waals surface area contributed by atoms with E-state index in [2.05, 4.69) is 56.4 Å². The van der Waals surface area contributed by atoms with Crippen LogP contribution in [0.3, 0.4) is 0 Å². The van der Waals surface area contributed by atoms with Crippen LogP contribution in [0.4, 0.5) is 5.95 Å². The third-order valence-electron chi connectivity index (χ3n) is 5.66. The van der Waals surface area contributed by atoms with Crippen LogP contribution in [0.1, 0.15) is 34.5 Å². The highest BCUT2D eigenvalue weighted by atomic mass is 35.5. The van der Waals surface area contributed by atoms with Crippen molar-refractivity contribution in [3.63, 3.8) is 0 Å². The van der Waals surface area contributed by atoms with Gasteiger partial charge in [0.1, 0.15) is 0 Å². The molecule has 1 aliphatic heterocycles. The van der Waals surface area contributed by atoms with Crippen LogP contribution >= 0.6 is 12.4 Å². The number of aryl methyl sites for hydroxylation is 1. The topological polar surface area (TPSA) is 106 Å². The Morgan fingerprint density at radius 3 is 2.63 bits per heavy atom. The highest BCUT2D eigenvalue weighted by Gasteiger charge is 2.21. The van der Waals surface area contributed by atoms with Gasteiger partial charge in [0.15, 0.2) is 0 Å². The number of halogens is 1. The summed E-state index contributed by atoms with van der Waals surface area (Å²) in [7, 11) is 0. The Balaban J connectivity index is 0.00000256. The summed E-state index contributed by atoms with van der Waals surface area (Å²) in [5.74, 6) is 0.642. The summed E-state index contributed by atoms with van der Waals surface area (Å²) in [4.78, 5) is 25.5. The molecule has 4 rings (SSSR count). The number of nitrogens with one attached hydrogen (secondary N) is 3. The molecular formula is C21H27ClN6O2. The van der Waals surface area contributed by atoms with Crippen LogP contribution in [0.5, 0.6) is 0 Å². The zero-order chi connectivity index (χ0) is 20.2. The molecular weight excluding hydrogens is 404 g/mol. The molecule has 0 aliphatic carbocycles. The quantitative estimate of drug-likeness (QED) is 0.354. The van der Waals surface area contributed by atoms with E-state index in [0.717, 1.165) is 39.0 Å². The van der Waals surface area contributed by atoms with Crippen LogP contribution < -0.4 is 15.7 Å². The van der Waals surface area contributed by atoms with Gasteiger partial charge in [-0.1, -0.05) is 18.2 Å². The van der Waals surface area contributed by atoms with Gasteiger partial charge in [0.25, 0.3) is 5.91 Å². The van der Waals surface area contributed by atoms with Crippen LogP contribution in [0, 0.1) is 12.8 Å². The Hall–Kier alpha value is -2.68. The Morgan fingerprint density at radius 2 is 1.93 bits per heavy atom. The van der Waals surface area contributed by atoms with E-state index in [1.165, 1.54) is 34.6 Å². The van der Waals surface area contributed by atoms with Crippen molar-refractivity contribution in [2.45, 2.75) is 26.3 Å². The van der Waals surface area contributed by atoms with Gasteiger partial charge in [0.2, 0.25) is 5.95 Å². The minimum absolute atomic E-state index is 0. The van der Waals surface area contributed by atoms with E-state index < -0.39 is 5.91 Å². The van der Waals surface area contributed by atoms with E-state index in [9.17, 15) is 4.79 Å². The molecule has 0 atom stereocenters. The minimum Gasteiger partial charge on any atom is -0.358 e. The molecule has 0 saturated carbocycles. The highest BCUT2D eigenvalue weighted by molar-refractivity contribution is 5.92. The predicted molar refractivity (Wildman–Crippen MR) is 118 cm³/mol. The molecule has 4 N–H and O–H groups in total. The number of carbonyl (C=O) groups is 1. The molecule has 9 heteroatoms. The summed E-state index contributed by atoms with van der Waals surface area (Å²) in [6.07, 6.45) is 5.01. The minimum atomic E-state index is -0.605. The fraction of sp³-hybridized carbons (Fsp3) is 0.381. The van der Waals surface area contributed by atoms with Crippen molar-refractivity contribution in [3.05, 3.63) is 53.5 Å². The lowest BCUT2D eigenvalue weighted by molar-refractivity contribution is 0.0705. The van der Waals surface area contributed by atoms with Crippen molar-refractivity contribution in [2.75, 3.05) is 24.5 Å². The first-order valence-corrected chi connectivity index (χ1v) is 9.94. The lowest BCUT2D eigenvalue weighted by atomic mass is 9.97. The van der Waals surface area contributed by atoms with Crippen molar-refractivity contribution in [3.8, 4) is 0 Å². The van der Waals surface area contributed by atoms with E-state index in [1.807, 2.05) is 0 Å². The lowest BCUT2D eigenvalue weighted by Gasteiger charge is -2.32. The van der Waals surface area contributed by atoms with Crippen molar-refractivity contribution >= 4 is 35.2 Å². The molecule has 3 aromatic rings. The maximum Gasteiger partial charge on any atom is 0.277 e. The number of hydroxylamine groups is 1. The number of para-hydroxylation sites is 1. The first-order chi connectivity index (χ1) is 14.2. The van der Waals surface area contributed by atoms with E-state index in [-0.39, 0.29) is 18.0 Å². The fourth-order valence-corrected chi connectivity index (χ4v) is 3.97. The number of anilines is 1. The summed E-state index contributed by atoms with van der Waals surface area (Å²) in [6, 6.07) is 8.43. The summed E-state index contributed by atoms with van der Waals surface area (Å²) in [6.45, 7) is 5.77. The molecule has 2 aromatic heterocycles. The number of amides is 1. The number of benzene rings is 1. The summed E-state index contributed by atoms with van der Waals surface area (Å²) in [5.41, 5.74) is 5.59. The molecule has 0 bridgehead atoms. The van der Waals surface area contributed by atoms with Crippen LogP contribution in [-0.2, 0) is 6.54 Å². The van der Waals surface area contributed by atoms with Gasteiger partial charge in [0, 0.05) is 48.6 Å². The predicted octanol–water partition coefficient (Wildman–Crippen LogP) is 2.81. The molecule has 8 nitrogen and oxygen atoms in total. The van der Waals surface area contributed by atoms with E-state index in [0.29, 0.717) is 11.9 Å².